The number of carbonyl (C=O) groups excluding carboxylic acids is 2. The van der Waals surface area contributed by atoms with E-state index < -0.39 is 23.5 Å². The van der Waals surface area contributed by atoms with Crippen LogP contribution < -0.4 is 0 Å². The topological polar surface area (TPSA) is 74.0 Å². The van der Waals surface area contributed by atoms with Crippen LogP contribution in [0.3, 0.4) is 0 Å². The molecule has 1 atom stereocenters. The maximum absolute atomic E-state index is 13.2. The summed E-state index contributed by atoms with van der Waals surface area (Å²) in [5.41, 5.74) is 0.204. The number of aliphatic hydroxyl groups excluding tert-OH is 1. The molecule has 27 heavy (non-hydrogen) atoms. The molecule has 0 unspecified atom stereocenters. The van der Waals surface area contributed by atoms with Crippen molar-refractivity contribution in [2.75, 3.05) is 27.2 Å². The first-order chi connectivity index (χ1) is 12.8. The van der Waals surface area contributed by atoms with Crippen molar-refractivity contribution in [3.63, 3.8) is 0 Å². The van der Waals surface area contributed by atoms with Gasteiger partial charge in [-0.1, -0.05) is 0 Å². The monoisotopic (exact) mass is 372 g/mol. The second-order valence-corrected chi connectivity index (χ2v) is 6.75. The first-order valence-corrected chi connectivity index (χ1v) is 8.55. The predicted molar refractivity (Wildman–Crippen MR) is 97.4 cm³/mol. The molecule has 2 aromatic rings. The number of hydrogen-bond acceptors (Lipinski definition) is 5. The summed E-state index contributed by atoms with van der Waals surface area (Å²) in [4.78, 5) is 28.6. The van der Waals surface area contributed by atoms with Crippen molar-refractivity contribution < 1.29 is 23.5 Å². The molecule has 1 saturated heterocycles. The lowest BCUT2D eigenvalue weighted by atomic mass is 9.99. The highest BCUT2D eigenvalue weighted by atomic mass is 19.1. The molecular weight excluding hydrogens is 351 g/mol. The Morgan fingerprint density at radius 3 is 2.41 bits per heavy atom. The van der Waals surface area contributed by atoms with E-state index in [9.17, 15) is 19.1 Å². The Bertz CT molecular complexity index is 899. The Balaban J connectivity index is 2.11. The van der Waals surface area contributed by atoms with Crippen molar-refractivity contribution in [1.82, 2.24) is 9.80 Å². The number of furan rings is 1. The van der Waals surface area contributed by atoms with Crippen LogP contribution in [0.25, 0.3) is 5.76 Å². The first kappa shape index (κ1) is 18.8. The summed E-state index contributed by atoms with van der Waals surface area (Å²) < 4.78 is 18.9. The number of aliphatic hydroxyl groups is 1. The summed E-state index contributed by atoms with van der Waals surface area (Å²) in [6.45, 7) is 2.59. The lowest BCUT2D eigenvalue weighted by Gasteiger charge is -2.24. The van der Waals surface area contributed by atoms with Gasteiger partial charge in [0, 0.05) is 18.7 Å². The number of benzene rings is 1. The van der Waals surface area contributed by atoms with Crippen LogP contribution in [0.5, 0.6) is 0 Å². The molecular formula is C20H21FN2O4. The van der Waals surface area contributed by atoms with Gasteiger partial charge in [-0.3, -0.25) is 9.59 Å². The molecule has 1 aliphatic rings. The van der Waals surface area contributed by atoms with E-state index in [1.54, 1.807) is 19.1 Å². The summed E-state index contributed by atoms with van der Waals surface area (Å²) >= 11 is 0. The lowest BCUT2D eigenvalue weighted by Crippen LogP contribution is -2.35. The van der Waals surface area contributed by atoms with E-state index in [4.69, 9.17) is 4.42 Å². The van der Waals surface area contributed by atoms with Crippen molar-refractivity contribution in [2.24, 2.45) is 0 Å². The molecule has 0 saturated carbocycles. The van der Waals surface area contributed by atoms with Crippen LogP contribution in [0, 0.1) is 12.7 Å². The Hall–Kier alpha value is -2.93. The van der Waals surface area contributed by atoms with E-state index in [0.29, 0.717) is 24.6 Å². The van der Waals surface area contributed by atoms with E-state index in [2.05, 4.69) is 0 Å². The molecule has 7 heteroatoms. The molecule has 1 fully saturated rings. The number of aryl methyl sites for hydroxylation is 1. The van der Waals surface area contributed by atoms with Crippen molar-refractivity contribution >= 4 is 17.4 Å². The molecule has 0 radical (unpaired) electrons. The van der Waals surface area contributed by atoms with Gasteiger partial charge < -0.3 is 19.3 Å². The Kier molecular flexibility index (Phi) is 5.14. The second kappa shape index (κ2) is 7.36. The number of nitrogens with zero attached hydrogens (tertiary/aromatic N) is 2. The van der Waals surface area contributed by atoms with Gasteiger partial charge in [0.15, 0.2) is 0 Å². The maximum atomic E-state index is 13.2. The van der Waals surface area contributed by atoms with Crippen LogP contribution in [0.4, 0.5) is 4.39 Å². The highest BCUT2D eigenvalue weighted by Crippen LogP contribution is 2.39. The van der Waals surface area contributed by atoms with Gasteiger partial charge in [-0.2, -0.15) is 0 Å². The molecule has 0 bridgehead atoms. The van der Waals surface area contributed by atoms with Crippen LogP contribution in [-0.4, -0.2) is 53.8 Å². The van der Waals surface area contributed by atoms with Gasteiger partial charge in [0.2, 0.25) is 0 Å². The number of carbonyl (C=O) groups is 2. The number of Topliss-reactive ketones (excluding diaryl/α,β-unsaturated/α-hetero) is 1. The van der Waals surface area contributed by atoms with Gasteiger partial charge in [-0.05, 0) is 57.4 Å². The van der Waals surface area contributed by atoms with Crippen molar-refractivity contribution in [3.05, 3.63) is 64.9 Å². The summed E-state index contributed by atoms with van der Waals surface area (Å²) in [5.74, 6) is -1.26. The van der Waals surface area contributed by atoms with E-state index >= 15 is 0 Å². The summed E-state index contributed by atoms with van der Waals surface area (Å²) in [5, 5.41) is 10.7. The summed E-state index contributed by atoms with van der Waals surface area (Å²) in [6, 6.07) is 7.69. The highest BCUT2D eigenvalue weighted by molar-refractivity contribution is 6.46. The van der Waals surface area contributed by atoms with Crippen LogP contribution in [0.1, 0.15) is 23.1 Å². The Morgan fingerprint density at radius 1 is 1.19 bits per heavy atom. The molecule has 1 amide bonds. The van der Waals surface area contributed by atoms with E-state index in [1.165, 1.54) is 29.2 Å². The minimum absolute atomic E-state index is 0.0558. The Morgan fingerprint density at radius 2 is 1.85 bits per heavy atom. The zero-order valence-electron chi connectivity index (χ0n) is 15.4. The molecule has 0 aliphatic carbocycles. The molecule has 1 aromatic carbocycles. The fraction of sp³-hybridized carbons (Fsp3) is 0.300. The number of ketones is 1. The third-order valence-electron chi connectivity index (χ3n) is 4.48. The summed E-state index contributed by atoms with van der Waals surface area (Å²) in [7, 11) is 3.72. The van der Waals surface area contributed by atoms with Gasteiger partial charge in [-0.15, -0.1) is 0 Å². The zero-order valence-corrected chi connectivity index (χ0v) is 15.4. The second-order valence-electron chi connectivity index (χ2n) is 6.75. The van der Waals surface area contributed by atoms with E-state index in [0.717, 1.165) is 0 Å². The molecule has 6 nitrogen and oxygen atoms in total. The van der Waals surface area contributed by atoms with Gasteiger partial charge in [0.05, 0.1) is 5.57 Å². The number of likely N-dealkylation sites (tertiary alicyclic amines) is 1. The number of rotatable bonds is 5. The third kappa shape index (κ3) is 3.64. The van der Waals surface area contributed by atoms with Crippen LogP contribution in [0.15, 0.2) is 46.4 Å². The largest absolute Gasteiger partial charge is 0.507 e. The normalized spacial score (nSPS) is 19.3. The van der Waals surface area contributed by atoms with Crippen LogP contribution >= 0.6 is 0 Å². The maximum Gasteiger partial charge on any atom is 0.295 e. The number of hydrogen-bond donors (Lipinski definition) is 1. The summed E-state index contributed by atoms with van der Waals surface area (Å²) in [6.07, 6.45) is 0. The fourth-order valence-corrected chi connectivity index (χ4v) is 3.08. The SMILES string of the molecule is Cc1ccc([C@H]2/C(=C(\O)c3ccc(F)cc3)C(=O)C(=O)N2CCN(C)C)o1. The number of likely N-dealkylation sites (N-methyl/N-ethyl adjacent to an activating group) is 1. The fourth-order valence-electron chi connectivity index (χ4n) is 3.08. The van der Waals surface area contributed by atoms with Crippen molar-refractivity contribution in [3.8, 4) is 0 Å². The smallest absolute Gasteiger partial charge is 0.295 e. The Labute approximate surface area is 156 Å². The van der Waals surface area contributed by atoms with E-state index in [-0.39, 0.29) is 16.9 Å². The predicted octanol–water partition coefficient (Wildman–Crippen LogP) is 2.71. The van der Waals surface area contributed by atoms with Crippen LogP contribution in [-0.2, 0) is 9.59 Å². The van der Waals surface area contributed by atoms with Gasteiger partial charge in [0.25, 0.3) is 11.7 Å². The standard InChI is InChI=1S/C20H21FN2O4/c1-12-4-9-15(27-12)17-16(18(24)13-5-7-14(21)8-6-13)19(25)20(26)23(17)11-10-22(2)3/h4-9,17,24H,10-11H2,1-3H3/b18-16+/t17-/m0/s1. The molecule has 0 spiro atoms. The van der Waals surface area contributed by atoms with E-state index in [1.807, 2.05) is 19.0 Å². The zero-order chi connectivity index (χ0) is 19.7. The van der Waals surface area contributed by atoms with Crippen LogP contribution in [0.2, 0.25) is 0 Å². The van der Waals surface area contributed by atoms with Gasteiger partial charge >= 0.3 is 0 Å². The number of halogens is 1. The minimum atomic E-state index is -0.830. The average Bonchev–Trinajstić information content (AvgIpc) is 3.15. The molecule has 1 aromatic heterocycles. The van der Waals surface area contributed by atoms with Crippen molar-refractivity contribution in [1.29, 1.82) is 0 Å². The molecule has 1 aliphatic heterocycles. The van der Waals surface area contributed by atoms with Crippen molar-refractivity contribution in [2.45, 2.75) is 13.0 Å². The molecule has 2 heterocycles. The number of amides is 1. The minimum Gasteiger partial charge on any atom is -0.507 e. The quantitative estimate of drug-likeness (QED) is 0.496. The lowest BCUT2D eigenvalue weighted by molar-refractivity contribution is -0.140. The molecule has 3 rings (SSSR count). The molecule has 142 valence electrons. The third-order valence-corrected chi connectivity index (χ3v) is 4.48. The average molecular weight is 372 g/mol. The van der Waals surface area contributed by atoms with Gasteiger partial charge in [-0.25, -0.2) is 4.39 Å². The molecule has 1 N–H and O–H groups in total. The van der Waals surface area contributed by atoms with Gasteiger partial charge in [0.1, 0.15) is 29.1 Å². The first-order valence-electron chi connectivity index (χ1n) is 8.55. The highest BCUT2D eigenvalue weighted by Gasteiger charge is 2.47.